The molecule has 2 atom stereocenters. The minimum atomic E-state index is -4.51. The van der Waals surface area contributed by atoms with Crippen LogP contribution in [0.4, 0.5) is 23.7 Å². The van der Waals surface area contributed by atoms with Gasteiger partial charge in [0.1, 0.15) is 6.04 Å². The molecule has 1 heterocycles. The third kappa shape index (κ3) is 6.23. The number of aryl methyl sites for hydroxylation is 1. The van der Waals surface area contributed by atoms with Crippen LogP contribution >= 0.6 is 0 Å². The van der Waals surface area contributed by atoms with Crippen molar-refractivity contribution in [3.63, 3.8) is 0 Å². The van der Waals surface area contributed by atoms with E-state index in [0.29, 0.717) is 6.42 Å². The molecule has 3 aromatic carbocycles. The molecule has 1 fully saturated rings. The number of hydrogen-bond acceptors (Lipinski definition) is 4. The topological polar surface area (TPSA) is 98.8 Å². The molecular formula is C29H29F3N4O4S. The van der Waals surface area contributed by atoms with Crippen LogP contribution in [0.15, 0.2) is 83.8 Å². The average molecular weight is 587 g/mol. The van der Waals surface area contributed by atoms with Crippen molar-refractivity contribution in [2.45, 2.75) is 42.4 Å². The summed E-state index contributed by atoms with van der Waals surface area (Å²) in [7, 11) is -4.08. The minimum Gasteiger partial charge on any atom is -0.348 e. The Balaban J connectivity index is 1.37. The number of hydrogen-bond donors (Lipinski definition) is 2. The van der Waals surface area contributed by atoms with E-state index in [1.807, 2.05) is 24.3 Å². The fourth-order valence-corrected chi connectivity index (χ4v) is 6.89. The maximum Gasteiger partial charge on any atom is 0.416 e. The van der Waals surface area contributed by atoms with Gasteiger partial charge in [-0.1, -0.05) is 42.5 Å². The Bertz CT molecular complexity index is 1520. The van der Waals surface area contributed by atoms with E-state index < -0.39 is 39.7 Å². The minimum absolute atomic E-state index is 0.0193. The van der Waals surface area contributed by atoms with Crippen molar-refractivity contribution in [2.75, 3.05) is 25.0 Å². The van der Waals surface area contributed by atoms with Gasteiger partial charge in [0.25, 0.3) is 0 Å². The lowest BCUT2D eigenvalue weighted by atomic mass is 9.87. The number of rotatable bonds is 5. The smallest absolute Gasteiger partial charge is 0.348 e. The Kier molecular flexibility index (Phi) is 8.05. The van der Waals surface area contributed by atoms with E-state index in [0.717, 1.165) is 52.5 Å². The number of alkyl halides is 3. The highest BCUT2D eigenvalue weighted by molar-refractivity contribution is 7.89. The number of benzene rings is 3. The Hall–Kier alpha value is -3.90. The van der Waals surface area contributed by atoms with Crippen molar-refractivity contribution in [1.29, 1.82) is 0 Å². The standard InChI is InChI=1S/C29H29F3N4O4S/c30-29(31,32)21-13-15-22(16-14-21)33-28(38)35-17-18-36(41(39,40)23-9-2-1-3-10-23)26(19-35)27(37)34-25-12-6-8-20-7-4-5-11-24(20)25/h1-5,7,9-11,13-16,25-26H,6,8,12,17-19H2,(H,33,38)(H,34,37). The van der Waals surface area contributed by atoms with Crippen LogP contribution in [-0.4, -0.2) is 55.2 Å². The Labute approximate surface area is 236 Å². The van der Waals surface area contributed by atoms with Gasteiger partial charge in [-0.15, -0.1) is 0 Å². The number of sulfonamides is 1. The van der Waals surface area contributed by atoms with Gasteiger partial charge >= 0.3 is 12.2 Å². The van der Waals surface area contributed by atoms with Crippen LogP contribution in [0.25, 0.3) is 0 Å². The van der Waals surface area contributed by atoms with Crippen molar-refractivity contribution in [2.24, 2.45) is 0 Å². The van der Waals surface area contributed by atoms with Gasteiger partial charge in [-0.2, -0.15) is 17.5 Å². The molecule has 12 heteroatoms. The van der Waals surface area contributed by atoms with Gasteiger partial charge in [0.05, 0.1) is 16.5 Å². The first-order chi connectivity index (χ1) is 19.5. The fraction of sp³-hybridized carbons (Fsp3) is 0.310. The lowest BCUT2D eigenvalue weighted by molar-refractivity contribution is -0.137. The van der Waals surface area contributed by atoms with Crippen LogP contribution in [-0.2, 0) is 27.4 Å². The van der Waals surface area contributed by atoms with Gasteiger partial charge in [-0.3, -0.25) is 4.79 Å². The maximum absolute atomic E-state index is 13.7. The second-order valence-corrected chi connectivity index (χ2v) is 11.9. The summed E-state index contributed by atoms with van der Waals surface area (Å²) in [5.41, 5.74) is 1.40. The first kappa shape index (κ1) is 28.6. The van der Waals surface area contributed by atoms with Crippen molar-refractivity contribution in [1.82, 2.24) is 14.5 Å². The number of fused-ring (bicyclic) bond motifs is 1. The molecule has 3 aromatic rings. The van der Waals surface area contributed by atoms with Crippen LogP contribution < -0.4 is 10.6 Å². The number of carbonyl (C=O) groups excluding carboxylic acids is 2. The summed E-state index contributed by atoms with van der Waals surface area (Å²) in [6, 6.07) is 17.4. The van der Waals surface area contributed by atoms with E-state index in [1.54, 1.807) is 18.2 Å². The summed E-state index contributed by atoms with van der Waals surface area (Å²) in [4.78, 5) is 28.2. The third-order valence-corrected chi connectivity index (χ3v) is 9.34. The number of piperazine rings is 1. The zero-order chi connectivity index (χ0) is 29.2. The molecule has 0 bridgehead atoms. The van der Waals surface area contributed by atoms with Gasteiger partial charge in [-0.25, -0.2) is 13.2 Å². The van der Waals surface area contributed by atoms with Crippen molar-refractivity contribution < 1.29 is 31.2 Å². The monoisotopic (exact) mass is 586 g/mol. The van der Waals surface area contributed by atoms with Crippen LogP contribution in [0, 0.1) is 0 Å². The fourth-order valence-electron chi connectivity index (χ4n) is 5.30. The molecule has 41 heavy (non-hydrogen) atoms. The number of carbonyl (C=O) groups is 2. The van der Waals surface area contributed by atoms with Crippen molar-refractivity contribution >= 4 is 27.6 Å². The molecule has 0 saturated carbocycles. The van der Waals surface area contributed by atoms with E-state index in [1.165, 1.54) is 17.0 Å². The molecule has 0 radical (unpaired) electrons. The molecule has 8 nitrogen and oxygen atoms in total. The van der Waals surface area contributed by atoms with Gasteiger partial charge < -0.3 is 15.5 Å². The third-order valence-electron chi connectivity index (χ3n) is 7.42. The average Bonchev–Trinajstić information content (AvgIpc) is 2.97. The zero-order valence-electron chi connectivity index (χ0n) is 22.0. The highest BCUT2D eigenvalue weighted by Crippen LogP contribution is 2.31. The van der Waals surface area contributed by atoms with E-state index in [-0.39, 0.29) is 36.3 Å². The molecular weight excluding hydrogens is 557 g/mol. The molecule has 216 valence electrons. The van der Waals surface area contributed by atoms with Gasteiger partial charge in [0.2, 0.25) is 15.9 Å². The summed E-state index contributed by atoms with van der Waals surface area (Å²) in [6.07, 6.45) is -2.07. The second kappa shape index (κ2) is 11.5. The van der Waals surface area contributed by atoms with Crippen molar-refractivity contribution in [3.05, 3.63) is 95.6 Å². The summed E-state index contributed by atoms with van der Waals surface area (Å²) in [5, 5.41) is 5.57. The molecule has 0 aromatic heterocycles. The number of halogens is 3. The largest absolute Gasteiger partial charge is 0.416 e. The molecule has 2 N–H and O–H groups in total. The van der Waals surface area contributed by atoms with E-state index in [2.05, 4.69) is 10.6 Å². The normalized spacial score (nSPS) is 19.7. The first-order valence-electron chi connectivity index (χ1n) is 13.2. The summed E-state index contributed by atoms with van der Waals surface area (Å²) < 4.78 is 67.1. The summed E-state index contributed by atoms with van der Waals surface area (Å²) >= 11 is 0. The van der Waals surface area contributed by atoms with Crippen LogP contribution in [0.2, 0.25) is 0 Å². The summed E-state index contributed by atoms with van der Waals surface area (Å²) in [5.74, 6) is -0.529. The number of nitrogens with one attached hydrogen (secondary N) is 2. The van der Waals surface area contributed by atoms with E-state index in [4.69, 9.17) is 0 Å². The second-order valence-electron chi connectivity index (χ2n) is 10.0. The number of nitrogens with zero attached hydrogens (tertiary/aromatic N) is 2. The van der Waals surface area contributed by atoms with E-state index in [9.17, 15) is 31.2 Å². The highest BCUT2D eigenvalue weighted by Gasteiger charge is 2.42. The molecule has 2 unspecified atom stereocenters. The number of urea groups is 1. The molecule has 3 amide bonds. The molecule has 0 spiro atoms. The Morgan fingerprint density at radius 2 is 1.56 bits per heavy atom. The first-order valence-corrected chi connectivity index (χ1v) is 14.7. The van der Waals surface area contributed by atoms with Crippen LogP contribution in [0.1, 0.15) is 35.6 Å². The van der Waals surface area contributed by atoms with E-state index >= 15 is 0 Å². The van der Waals surface area contributed by atoms with Crippen LogP contribution in [0.3, 0.4) is 0 Å². The SMILES string of the molecule is O=C(NC1CCCc2ccccc21)C1CN(C(=O)Nc2ccc(C(F)(F)F)cc2)CCN1S(=O)(=O)c1ccccc1. The Morgan fingerprint density at radius 1 is 0.878 bits per heavy atom. The van der Waals surface area contributed by atoms with Crippen LogP contribution in [0.5, 0.6) is 0 Å². The molecule has 5 rings (SSSR count). The molecule has 2 aliphatic rings. The van der Waals surface area contributed by atoms with Gasteiger partial charge in [-0.05, 0) is 66.8 Å². The number of amides is 3. The lowest BCUT2D eigenvalue weighted by Crippen LogP contribution is -2.62. The highest BCUT2D eigenvalue weighted by atomic mass is 32.2. The molecule has 1 saturated heterocycles. The molecule has 1 aliphatic heterocycles. The number of anilines is 1. The molecule has 1 aliphatic carbocycles. The quantitative estimate of drug-likeness (QED) is 0.449. The predicted molar refractivity (Wildman–Crippen MR) is 146 cm³/mol. The Morgan fingerprint density at radius 3 is 2.27 bits per heavy atom. The lowest BCUT2D eigenvalue weighted by Gasteiger charge is -2.40. The summed E-state index contributed by atoms with van der Waals surface area (Å²) in [6.45, 7) is -0.399. The maximum atomic E-state index is 13.7. The predicted octanol–water partition coefficient (Wildman–Crippen LogP) is 4.81. The van der Waals surface area contributed by atoms with Gasteiger partial charge in [0.15, 0.2) is 0 Å². The van der Waals surface area contributed by atoms with Crippen molar-refractivity contribution in [3.8, 4) is 0 Å². The zero-order valence-corrected chi connectivity index (χ0v) is 22.8. The van der Waals surface area contributed by atoms with Gasteiger partial charge in [0, 0.05) is 25.3 Å².